The van der Waals surface area contributed by atoms with Crippen LogP contribution in [0.1, 0.15) is 29.6 Å². The van der Waals surface area contributed by atoms with Crippen molar-refractivity contribution in [3.05, 3.63) is 17.5 Å². The Balaban J connectivity index is 2.06. The average molecular weight is 237 g/mol. The first-order chi connectivity index (χ1) is 7.69. The standard InChI is InChI=1S/C9H9N4O2S/c1-3-7-11-12-9(16-7)10-8(14)6-4-5(2)15-13-6/h4H,3H2,1-2H3. The van der Waals surface area contributed by atoms with Crippen LogP contribution in [0, 0.1) is 6.92 Å². The van der Waals surface area contributed by atoms with Crippen LogP contribution in [0.4, 0.5) is 0 Å². The Morgan fingerprint density at radius 1 is 1.62 bits per heavy atom. The number of amides is 1. The number of carbonyl (C=O) groups is 1. The molecule has 16 heavy (non-hydrogen) atoms. The van der Waals surface area contributed by atoms with Crippen LogP contribution in [0.15, 0.2) is 20.7 Å². The minimum Gasteiger partial charge on any atom is -0.361 e. The smallest absolute Gasteiger partial charge is 0.301 e. The number of amidine groups is 1. The fourth-order valence-electron chi connectivity index (χ4n) is 1.04. The van der Waals surface area contributed by atoms with E-state index in [1.807, 2.05) is 6.92 Å². The molecule has 0 fully saturated rings. The molecule has 2 rings (SSSR count). The molecule has 0 saturated heterocycles. The summed E-state index contributed by atoms with van der Waals surface area (Å²) in [6, 6.07) is 1.54. The Morgan fingerprint density at radius 2 is 2.44 bits per heavy atom. The summed E-state index contributed by atoms with van der Waals surface area (Å²) in [5.41, 5.74) is 3.97. The fraction of sp³-hybridized carbons (Fsp3) is 0.333. The highest BCUT2D eigenvalue weighted by Gasteiger charge is 2.18. The summed E-state index contributed by atoms with van der Waals surface area (Å²) in [6.45, 7) is 3.68. The molecular formula is C9H9N4O2S. The van der Waals surface area contributed by atoms with Gasteiger partial charge in [-0.3, -0.25) is 4.79 Å². The van der Waals surface area contributed by atoms with Gasteiger partial charge in [0.1, 0.15) is 10.8 Å². The maximum absolute atomic E-state index is 11.6. The van der Waals surface area contributed by atoms with Crippen molar-refractivity contribution >= 4 is 27.9 Å². The Kier molecular flexibility index (Phi) is 3.04. The van der Waals surface area contributed by atoms with Crippen molar-refractivity contribution in [2.45, 2.75) is 20.3 Å². The third kappa shape index (κ3) is 2.30. The molecule has 1 aliphatic heterocycles. The molecule has 0 unspecified atom stereocenters. The van der Waals surface area contributed by atoms with Gasteiger partial charge >= 0.3 is 5.91 Å². The Hall–Kier alpha value is -1.63. The van der Waals surface area contributed by atoms with Crippen LogP contribution in [0.2, 0.25) is 0 Å². The van der Waals surface area contributed by atoms with Crippen LogP contribution >= 0.6 is 11.8 Å². The topological polar surface area (TPSA) is 81.9 Å². The van der Waals surface area contributed by atoms with Crippen molar-refractivity contribution in [1.82, 2.24) is 10.6 Å². The number of hydrogen-bond donors (Lipinski definition) is 0. The Bertz CT molecular complexity index is 478. The second kappa shape index (κ2) is 4.48. The number of aliphatic imine (C=N–C) groups is 1. The van der Waals surface area contributed by atoms with E-state index in [4.69, 9.17) is 4.52 Å². The van der Waals surface area contributed by atoms with Crippen molar-refractivity contribution in [3.8, 4) is 0 Å². The van der Waals surface area contributed by atoms with Gasteiger partial charge in [-0.2, -0.15) is 4.99 Å². The molecule has 1 aromatic heterocycles. The first-order valence-electron chi connectivity index (χ1n) is 4.71. The van der Waals surface area contributed by atoms with Crippen LogP contribution in [0.25, 0.3) is 0 Å². The molecule has 1 aromatic rings. The van der Waals surface area contributed by atoms with Gasteiger partial charge in [-0.05, 0) is 25.1 Å². The normalized spacial score (nSPS) is 17.4. The second-order valence-corrected chi connectivity index (χ2v) is 4.11. The van der Waals surface area contributed by atoms with Gasteiger partial charge < -0.3 is 4.52 Å². The number of aromatic nitrogens is 1. The Labute approximate surface area is 96.2 Å². The monoisotopic (exact) mass is 237 g/mol. The van der Waals surface area contributed by atoms with Crippen molar-refractivity contribution in [2.75, 3.05) is 0 Å². The molecule has 0 N–H and O–H groups in total. The van der Waals surface area contributed by atoms with Gasteiger partial charge in [0.15, 0.2) is 5.69 Å². The third-order valence-electron chi connectivity index (χ3n) is 1.80. The molecule has 2 heterocycles. The molecule has 0 bridgehead atoms. The van der Waals surface area contributed by atoms with E-state index in [2.05, 4.69) is 20.7 Å². The summed E-state index contributed by atoms with van der Waals surface area (Å²) in [5.74, 6) is 0.112. The summed E-state index contributed by atoms with van der Waals surface area (Å²) < 4.78 is 4.79. The highest BCUT2D eigenvalue weighted by molar-refractivity contribution is 8.26. The number of aryl methyl sites for hydroxylation is 1. The lowest BCUT2D eigenvalue weighted by atomic mass is 10.4. The van der Waals surface area contributed by atoms with Crippen molar-refractivity contribution in [2.24, 2.45) is 10.1 Å². The predicted octanol–water partition coefficient (Wildman–Crippen LogP) is 1.55. The number of rotatable bonds is 2. The highest BCUT2D eigenvalue weighted by Crippen LogP contribution is 2.16. The van der Waals surface area contributed by atoms with Gasteiger partial charge in [-0.25, -0.2) is 0 Å². The van der Waals surface area contributed by atoms with E-state index in [9.17, 15) is 4.79 Å². The molecule has 0 aromatic carbocycles. The van der Waals surface area contributed by atoms with E-state index in [1.54, 1.807) is 6.92 Å². The largest absolute Gasteiger partial charge is 0.361 e. The average Bonchev–Trinajstić information content (AvgIpc) is 2.87. The SMILES string of the molecule is CCC1=N[N]C(=NC(=O)c2cc(C)on2)S1. The number of nitrogens with zero attached hydrogens (tertiary/aromatic N) is 4. The van der Waals surface area contributed by atoms with Gasteiger partial charge in [0.25, 0.3) is 0 Å². The fourth-order valence-corrected chi connectivity index (χ4v) is 1.69. The number of carbonyl (C=O) groups excluding carboxylic acids is 1. The predicted molar refractivity (Wildman–Crippen MR) is 60.5 cm³/mol. The zero-order chi connectivity index (χ0) is 11.5. The van der Waals surface area contributed by atoms with Crippen LogP contribution < -0.4 is 5.43 Å². The summed E-state index contributed by atoms with van der Waals surface area (Å²) >= 11 is 1.29. The van der Waals surface area contributed by atoms with E-state index >= 15 is 0 Å². The number of hydrogen-bond acceptors (Lipinski definition) is 5. The van der Waals surface area contributed by atoms with Crippen molar-refractivity contribution in [3.63, 3.8) is 0 Å². The van der Waals surface area contributed by atoms with Crippen LogP contribution in [0.5, 0.6) is 0 Å². The maximum atomic E-state index is 11.6. The first kappa shape index (κ1) is 10.9. The van der Waals surface area contributed by atoms with E-state index in [-0.39, 0.29) is 5.69 Å². The molecule has 0 spiro atoms. The molecule has 0 saturated carbocycles. The zero-order valence-electron chi connectivity index (χ0n) is 8.80. The Morgan fingerprint density at radius 3 is 3.00 bits per heavy atom. The molecule has 7 heteroatoms. The van der Waals surface area contributed by atoms with Gasteiger partial charge in [0.2, 0.25) is 5.17 Å². The van der Waals surface area contributed by atoms with E-state index < -0.39 is 5.91 Å². The second-order valence-electron chi connectivity index (χ2n) is 3.07. The van der Waals surface area contributed by atoms with E-state index in [0.29, 0.717) is 10.9 Å². The molecular weight excluding hydrogens is 228 g/mol. The molecule has 1 aliphatic rings. The lowest BCUT2D eigenvalue weighted by molar-refractivity contribution is 0.0994. The minimum absolute atomic E-state index is 0.186. The van der Waals surface area contributed by atoms with Crippen LogP contribution in [0.3, 0.4) is 0 Å². The summed E-state index contributed by atoms with van der Waals surface area (Å²) in [7, 11) is 0. The summed E-state index contributed by atoms with van der Waals surface area (Å²) in [6.07, 6.45) is 0.782. The molecule has 0 aliphatic carbocycles. The minimum atomic E-state index is -0.462. The van der Waals surface area contributed by atoms with Crippen molar-refractivity contribution in [1.29, 1.82) is 0 Å². The maximum Gasteiger partial charge on any atom is 0.301 e. The van der Waals surface area contributed by atoms with Gasteiger partial charge in [0, 0.05) is 6.07 Å². The number of thioether (sulfide) groups is 1. The van der Waals surface area contributed by atoms with Gasteiger partial charge in [-0.1, -0.05) is 12.1 Å². The lowest BCUT2D eigenvalue weighted by Gasteiger charge is -1.90. The molecule has 83 valence electrons. The van der Waals surface area contributed by atoms with Gasteiger partial charge in [0.05, 0.1) is 0 Å². The lowest BCUT2D eigenvalue weighted by Crippen LogP contribution is -2.05. The quantitative estimate of drug-likeness (QED) is 0.781. The van der Waals surface area contributed by atoms with Crippen LogP contribution in [-0.4, -0.2) is 21.3 Å². The molecule has 1 radical (unpaired) electrons. The molecule has 6 nitrogen and oxygen atoms in total. The van der Waals surface area contributed by atoms with E-state index in [0.717, 1.165) is 11.5 Å². The first-order valence-corrected chi connectivity index (χ1v) is 5.52. The van der Waals surface area contributed by atoms with Gasteiger partial charge in [-0.15, -0.1) is 10.5 Å². The molecule has 0 atom stereocenters. The summed E-state index contributed by atoms with van der Waals surface area (Å²) in [4.78, 5) is 15.4. The van der Waals surface area contributed by atoms with E-state index in [1.165, 1.54) is 17.8 Å². The van der Waals surface area contributed by atoms with Crippen molar-refractivity contribution < 1.29 is 9.32 Å². The summed E-state index contributed by atoms with van der Waals surface area (Å²) in [5, 5.41) is 8.64. The zero-order valence-corrected chi connectivity index (χ0v) is 9.61. The molecule has 1 amide bonds. The van der Waals surface area contributed by atoms with Crippen LogP contribution in [-0.2, 0) is 0 Å². The third-order valence-corrected chi connectivity index (χ3v) is 2.76. The highest BCUT2D eigenvalue weighted by atomic mass is 32.2.